The number of nitrogens with zero attached hydrogens (tertiary/aromatic N) is 2. The summed E-state index contributed by atoms with van der Waals surface area (Å²) < 4.78 is 2.32. The smallest absolute Gasteiger partial charge is 0.322 e. The molecule has 1 heterocycles. The summed E-state index contributed by atoms with van der Waals surface area (Å²) in [5.74, 6) is -0.963. The molecule has 0 aromatic carbocycles. The molecule has 0 amide bonds. The predicted octanol–water partition coefficient (Wildman–Crippen LogP) is -0.319. The normalized spacial score (nSPS) is 12.7. The number of aliphatic hydroxyl groups is 1. The van der Waals surface area contributed by atoms with Crippen LogP contribution in [-0.2, 0) is 11.3 Å². The standard InChI is InChI=1S/C8H12BrN3O3/c9-6-3-11-12(4-6)5-7(8(14)15)10-1-2-13/h3-4,7,10,13H,1-2,5H2,(H,14,15). The van der Waals surface area contributed by atoms with Crippen molar-refractivity contribution in [3.63, 3.8) is 0 Å². The van der Waals surface area contributed by atoms with E-state index in [-0.39, 0.29) is 19.7 Å². The van der Waals surface area contributed by atoms with Crippen molar-refractivity contribution >= 4 is 21.9 Å². The van der Waals surface area contributed by atoms with E-state index in [1.165, 1.54) is 4.68 Å². The summed E-state index contributed by atoms with van der Waals surface area (Å²) in [5.41, 5.74) is 0. The van der Waals surface area contributed by atoms with Crippen LogP contribution < -0.4 is 5.32 Å². The first-order valence-corrected chi connectivity index (χ1v) is 5.18. The minimum absolute atomic E-state index is 0.0907. The van der Waals surface area contributed by atoms with Gasteiger partial charge in [0.25, 0.3) is 0 Å². The highest BCUT2D eigenvalue weighted by Gasteiger charge is 2.17. The van der Waals surface area contributed by atoms with Crippen molar-refractivity contribution in [1.29, 1.82) is 0 Å². The van der Waals surface area contributed by atoms with Gasteiger partial charge in [-0.05, 0) is 15.9 Å². The average Bonchev–Trinajstić information content (AvgIpc) is 2.58. The fraction of sp³-hybridized carbons (Fsp3) is 0.500. The first-order valence-electron chi connectivity index (χ1n) is 4.38. The zero-order valence-corrected chi connectivity index (χ0v) is 9.51. The third-order valence-corrected chi connectivity index (χ3v) is 2.18. The van der Waals surface area contributed by atoms with E-state index in [1.807, 2.05) is 0 Å². The van der Waals surface area contributed by atoms with Crippen molar-refractivity contribution in [2.75, 3.05) is 13.2 Å². The molecule has 1 aromatic heterocycles. The largest absolute Gasteiger partial charge is 0.480 e. The third kappa shape index (κ3) is 3.98. The van der Waals surface area contributed by atoms with E-state index in [4.69, 9.17) is 10.2 Å². The van der Waals surface area contributed by atoms with Gasteiger partial charge < -0.3 is 15.5 Å². The lowest BCUT2D eigenvalue weighted by atomic mass is 10.3. The van der Waals surface area contributed by atoms with Gasteiger partial charge in [0.1, 0.15) is 6.04 Å². The molecule has 15 heavy (non-hydrogen) atoms. The van der Waals surface area contributed by atoms with Crippen LogP contribution in [0, 0.1) is 0 Å². The number of hydrogen-bond donors (Lipinski definition) is 3. The molecule has 6 nitrogen and oxygen atoms in total. The SMILES string of the molecule is O=C(O)C(Cn1cc(Br)cn1)NCCO. The van der Waals surface area contributed by atoms with E-state index in [1.54, 1.807) is 12.4 Å². The second kappa shape index (κ2) is 5.84. The van der Waals surface area contributed by atoms with Crippen molar-refractivity contribution in [3.05, 3.63) is 16.9 Å². The van der Waals surface area contributed by atoms with Crippen molar-refractivity contribution in [3.8, 4) is 0 Å². The molecule has 0 aliphatic carbocycles. The molecule has 1 aromatic rings. The topological polar surface area (TPSA) is 87.4 Å². The van der Waals surface area contributed by atoms with Crippen LogP contribution in [0.15, 0.2) is 16.9 Å². The molecule has 0 fully saturated rings. The van der Waals surface area contributed by atoms with Gasteiger partial charge in [-0.1, -0.05) is 0 Å². The third-order valence-electron chi connectivity index (χ3n) is 1.77. The Bertz CT molecular complexity index is 329. The van der Waals surface area contributed by atoms with E-state index in [2.05, 4.69) is 26.3 Å². The molecule has 7 heteroatoms. The van der Waals surface area contributed by atoms with Crippen molar-refractivity contribution in [2.45, 2.75) is 12.6 Å². The second-order valence-electron chi connectivity index (χ2n) is 2.95. The van der Waals surface area contributed by atoms with Crippen LogP contribution in [0.2, 0.25) is 0 Å². The maximum Gasteiger partial charge on any atom is 0.322 e. The molecule has 0 aliphatic heterocycles. The number of aliphatic hydroxyl groups excluding tert-OH is 1. The second-order valence-corrected chi connectivity index (χ2v) is 3.86. The summed E-state index contributed by atoms with van der Waals surface area (Å²) in [5, 5.41) is 24.1. The minimum Gasteiger partial charge on any atom is -0.480 e. The zero-order chi connectivity index (χ0) is 11.3. The summed E-state index contributed by atoms with van der Waals surface area (Å²) in [4.78, 5) is 10.8. The number of aromatic nitrogens is 2. The molecule has 0 bridgehead atoms. The number of carboxylic acids is 1. The molecular weight excluding hydrogens is 266 g/mol. The van der Waals surface area contributed by atoms with Gasteiger partial charge in [-0.3, -0.25) is 9.48 Å². The Balaban J connectivity index is 2.54. The van der Waals surface area contributed by atoms with Crippen molar-refractivity contribution in [1.82, 2.24) is 15.1 Å². The van der Waals surface area contributed by atoms with Crippen LogP contribution in [0.5, 0.6) is 0 Å². The first kappa shape index (κ1) is 12.2. The number of hydrogen-bond acceptors (Lipinski definition) is 4. The van der Waals surface area contributed by atoms with Gasteiger partial charge in [0.2, 0.25) is 0 Å². The lowest BCUT2D eigenvalue weighted by Gasteiger charge is -2.13. The maximum atomic E-state index is 10.8. The van der Waals surface area contributed by atoms with E-state index in [0.29, 0.717) is 0 Å². The fourth-order valence-electron chi connectivity index (χ4n) is 1.09. The molecule has 1 atom stereocenters. The molecule has 3 N–H and O–H groups in total. The van der Waals surface area contributed by atoms with E-state index < -0.39 is 12.0 Å². The lowest BCUT2D eigenvalue weighted by Crippen LogP contribution is -2.41. The minimum atomic E-state index is -0.963. The van der Waals surface area contributed by atoms with E-state index in [0.717, 1.165) is 4.47 Å². The van der Waals surface area contributed by atoms with Crippen molar-refractivity contribution < 1.29 is 15.0 Å². The van der Waals surface area contributed by atoms with E-state index in [9.17, 15) is 4.79 Å². The summed E-state index contributed by atoms with van der Waals surface area (Å²) >= 11 is 3.22. The average molecular weight is 278 g/mol. The molecule has 84 valence electrons. The van der Waals surface area contributed by atoms with Gasteiger partial charge >= 0.3 is 5.97 Å². The molecule has 1 rings (SSSR count). The van der Waals surface area contributed by atoms with Gasteiger partial charge in [0.15, 0.2) is 0 Å². The fourth-order valence-corrected chi connectivity index (χ4v) is 1.42. The van der Waals surface area contributed by atoms with Crippen LogP contribution >= 0.6 is 15.9 Å². The Morgan fingerprint density at radius 1 is 1.73 bits per heavy atom. The number of nitrogens with one attached hydrogen (secondary N) is 1. The molecule has 0 saturated carbocycles. The number of carbonyl (C=O) groups is 1. The van der Waals surface area contributed by atoms with E-state index >= 15 is 0 Å². The monoisotopic (exact) mass is 277 g/mol. The van der Waals surface area contributed by atoms with Crippen LogP contribution in [0.1, 0.15) is 0 Å². The molecule has 1 unspecified atom stereocenters. The number of carboxylic acid groups (broad SMARTS) is 1. The van der Waals surface area contributed by atoms with Crippen LogP contribution in [-0.4, -0.2) is 45.2 Å². The highest BCUT2D eigenvalue weighted by Crippen LogP contribution is 2.06. The van der Waals surface area contributed by atoms with Crippen molar-refractivity contribution in [2.24, 2.45) is 0 Å². The summed E-state index contributed by atoms with van der Waals surface area (Å²) in [7, 11) is 0. The summed E-state index contributed by atoms with van der Waals surface area (Å²) in [6, 6.07) is -0.746. The Hall–Kier alpha value is -0.920. The summed E-state index contributed by atoms with van der Waals surface area (Å²) in [6.07, 6.45) is 3.28. The quantitative estimate of drug-likeness (QED) is 0.664. The molecule has 0 radical (unpaired) electrons. The zero-order valence-electron chi connectivity index (χ0n) is 7.93. The number of rotatable bonds is 6. The first-order chi connectivity index (χ1) is 7.13. The highest BCUT2D eigenvalue weighted by atomic mass is 79.9. The molecule has 0 aliphatic rings. The van der Waals surface area contributed by atoms with Gasteiger partial charge in [0, 0.05) is 12.7 Å². The Morgan fingerprint density at radius 3 is 2.93 bits per heavy atom. The van der Waals surface area contributed by atoms with Gasteiger partial charge in [-0.2, -0.15) is 5.10 Å². The van der Waals surface area contributed by atoms with Gasteiger partial charge in [0.05, 0.1) is 23.8 Å². The Kier molecular flexibility index (Phi) is 4.73. The lowest BCUT2D eigenvalue weighted by molar-refractivity contribution is -0.139. The predicted molar refractivity (Wildman–Crippen MR) is 56.4 cm³/mol. The molecular formula is C8H12BrN3O3. The maximum absolute atomic E-state index is 10.8. The van der Waals surface area contributed by atoms with Gasteiger partial charge in [-0.25, -0.2) is 0 Å². The van der Waals surface area contributed by atoms with Crippen LogP contribution in [0.25, 0.3) is 0 Å². The van der Waals surface area contributed by atoms with Crippen LogP contribution in [0.4, 0.5) is 0 Å². The highest BCUT2D eigenvalue weighted by molar-refractivity contribution is 9.10. The van der Waals surface area contributed by atoms with Gasteiger partial charge in [-0.15, -0.1) is 0 Å². The van der Waals surface area contributed by atoms with Crippen LogP contribution in [0.3, 0.4) is 0 Å². The molecule has 0 spiro atoms. The summed E-state index contributed by atoms with van der Waals surface area (Å²) in [6.45, 7) is 0.382. The molecule has 0 saturated heterocycles. The Labute approximate surface area is 95.0 Å². The number of halogens is 1. The Morgan fingerprint density at radius 2 is 2.47 bits per heavy atom. The number of aliphatic carboxylic acids is 1.